The van der Waals surface area contributed by atoms with Crippen molar-refractivity contribution in [3.05, 3.63) is 30.2 Å². The smallest absolute Gasteiger partial charge is 0.314 e. The van der Waals surface area contributed by atoms with E-state index in [-0.39, 0.29) is 6.03 Å². The van der Waals surface area contributed by atoms with Gasteiger partial charge in [-0.3, -0.25) is 4.40 Å². The normalized spacial score (nSPS) is 20.9. The van der Waals surface area contributed by atoms with Crippen molar-refractivity contribution in [1.29, 1.82) is 0 Å². The third-order valence-electron chi connectivity index (χ3n) is 3.82. The molecular formula is C14H19N5O. The molecule has 0 unspecified atom stereocenters. The molecule has 0 bridgehead atoms. The van der Waals surface area contributed by atoms with Gasteiger partial charge >= 0.3 is 6.03 Å². The molecule has 1 saturated carbocycles. The summed E-state index contributed by atoms with van der Waals surface area (Å²) in [6.45, 7) is 3.54. The fourth-order valence-corrected chi connectivity index (χ4v) is 2.32. The number of hydrogen-bond acceptors (Lipinski definition) is 3. The zero-order valence-electron chi connectivity index (χ0n) is 11.5. The highest BCUT2D eigenvalue weighted by Crippen LogP contribution is 2.36. The maximum absolute atomic E-state index is 11.6. The maximum atomic E-state index is 11.6. The van der Waals surface area contributed by atoms with Gasteiger partial charge in [0.15, 0.2) is 5.65 Å². The summed E-state index contributed by atoms with van der Waals surface area (Å²) in [5.74, 6) is 2.29. The first-order valence-corrected chi connectivity index (χ1v) is 7.04. The number of aromatic nitrogens is 3. The molecule has 2 atom stereocenters. The summed E-state index contributed by atoms with van der Waals surface area (Å²) in [5, 5.41) is 14.0. The SMILES string of the molecule is C[C@H]1C[C@@H]1CNC(=O)NCCc1nnc2ccccn12. The number of hydrogen-bond donors (Lipinski definition) is 2. The topological polar surface area (TPSA) is 71.3 Å². The summed E-state index contributed by atoms with van der Waals surface area (Å²) < 4.78 is 1.94. The minimum absolute atomic E-state index is 0.0991. The predicted octanol–water partition coefficient (Wildman–Crippen LogP) is 1.23. The first-order chi connectivity index (χ1) is 9.74. The van der Waals surface area contributed by atoms with Crippen LogP contribution in [-0.4, -0.2) is 33.7 Å². The molecular weight excluding hydrogens is 254 g/mol. The zero-order chi connectivity index (χ0) is 13.9. The van der Waals surface area contributed by atoms with Gasteiger partial charge in [-0.25, -0.2) is 4.79 Å². The van der Waals surface area contributed by atoms with Crippen molar-refractivity contribution in [1.82, 2.24) is 25.2 Å². The van der Waals surface area contributed by atoms with E-state index in [1.807, 2.05) is 28.8 Å². The fourth-order valence-electron chi connectivity index (χ4n) is 2.32. The van der Waals surface area contributed by atoms with Crippen molar-refractivity contribution in [2.45, 2.75) is 19.8 Å². The molecule has 0 radical (unpaired) electrons. The summed E-state index contributed by atoms with van der Waals surface area (Å²) in [5.41, 5.74) is 0.828. The average Bonchev–Trinajstić information content (AvgIpc) is 3.01. The van der Waals surface area contributed by atoms with Gasteiger partial charge in [0.25, 0.3) is 0 Å². The van der Waals surface area contributed by atoms with Crippen LogP contribution in [-0.2, 0) is 6.42 Å². The molecule has 3 rings (SSSR count). The molecule has 2 heterocycles. The van der Waals surface area contributed by atoms with Crippen molar-refractivity contribution in [3.8, 4) is 0 Å². The van der Waals surface area contributed by atoms with Gasteiger partial charge in [-0.1, -0.05) is 13.0 Å². The molecule has 0 aliphatic heterocycles. The molecule has 0 saturated heterocycles. The molecule has 6 nitrogen and oxygen atoms in total. The number of carbonyl (C=O) groups is 1. The quantitative estimate of drug-likeness (QED) is 0.860. The van der Waals surface area contributed by atoms with E-state index in [1.54, 1.807) is 0 Å². The van der Waals surface area contributed by atoms with Crippen LogP contribution >= 0.6 is 0 Å². The van der Waals surface area contributed by atoms with E-state index in [2.05, 4.69) is 27.8 Å². The monoisotopic (exact) mass is 273 g/mol. The Hall–Kier alpha value is -2.11. The predicted molar refractivity (Wildman–Crippen MR) is 75.4 cm³/mol. The van der Waals surface area contributed by atoms with E-state index in [0.717, 1.165) is 23.9 Å². The summed E-state index contributed by atoms with van der Waals surface area (Å²) in [6.07, 6.45) is 3.82. The highest BCUT2D eigenvalue weighted by Gasteiger charge is 2.32. The molecule has 106 valence electrons. The molecule has 1 aliphatic carbocycles. The van der Waals surface area contributed by atoms with Crippen LogP contribution in [0.3, 0.4) is 0 Å². The lowest BCUT2D eigenvalue weighted by atomic mass is 10.3. The van der Waals surface area contributed by atoms with E-state index in [4.69, 9.17) is 0 Å². The van der Waals surface area contributed by atoms with Crippen LogP contribution in [0, 0.1) is 11.8 Å². The van der Waals surface area contributed by atoms with E-state index < -0.39 is 0 Å². The lowest BCUT2D eigenvalue weighted by molar-refractivity contribution is 0.240. The Morgan fingerprint density at radius 1 is 1.40 bits per heavy atom. The number of nitrogens with one attached hydrogen (secondary N) is 2. The van der Waals surface area contributed by atoms with E-state index in [1.165, 1.54) is 6.42 Å². The van der Waals surface area contributed by atoms with Crippen LogP contribution in [0.15, 0.2) is 24.4 Å². The second-order valence-corrected chi connectivity index (χ2v) is 5.40. The molecule has 2 aromatic rings. The minimum Gasteiger partial charge on any atom is -0.338 e. The summed E-state index contributed by atoms with van der Waals surface area (Å²) in [4.78, 5) is 11.6. The van der Waals surface area contributed by atoms with Crippen molar-refractivity contribution >= 4 is 11.7 Å². The Morgan fingerprint density at radius 3 is 3.05 bits per heavy atom. The Labute approximate surface area is 117 Å². The van der Waals surface area contributed by atoms with E-state index in [9.17, 15) is 4.79 Å². The molecule has 0 spiro atoms. The van der Waals surface area contributed by atoms with Crippen molar-refractivity contribution < 1.29 is 4.79 Å². The molecule has 1 aliphatic rings. The van der Waals surface area contributed by atoms with Gasteiger partial charge in [0.05, 0.1) is 0 Å². The van der Waals surface area contributed by atoms with Gasteiger partial charge < -0.3 is 10.6 Å². The zero-order valence-corrected chi connectivity index (χ0v) is 11.5. The van der Waals surface area contributed by atoms with Crippen LogP contribution in [0.25, 0.3) is 5.65 Å². The minimum atomic E-state index is -0.0991. The number of amides is 2. The van der Waals surface area contributed by atoms with Gasteiger partial charge in [-0.2, -0.15) is 0 Å². The van der Waals surface area contributed by atoms with Crippen LogP contribution in [0.5, 0.6) is 0 Å². The first kappa shape index (κ1) is 12.9. The lowest BCUT2D eigenvalue weighted by Gasteiger charge is -2.06. The third-order valence-corrected chi connectivity index (χ3v) is 3.82. The third kappa shape index (κ3) is 2.89. The summed E-state index contributed by atoms with van der Waals surface area (Å²) in [6, 6.07) is 5.68. The lowest BCUT2D eigenvalue weighted by Crippen LogP contribution is -2.37. The standard InChI is InChI=1S/C14H19N5O/c1-10-8-11(10)9-16-14(20)15-6-5-13-18-17-12-4-2-3-7-19(12)13/h2-4,7,10-11H,5-6,8-9H2,1H3,(H2,15,16,20)/t10-,11+/m0/s1. The number of urea groups is 1. The van der Waals surface area contributed by atoms with Gasteiger partial charge in [-0.15, -0.1) is 10.2 Å². The number of carbonyl (C=O) groups excluding carboxylic acids is 1. The van der Waals surface area contributed by atoms with E-state index in [0.29, 0.717) is 18.9 Å². The largest absolute Gasteiger partial charge is 0.338 e. The molecule has 6 heteroatoms. The number of rotatable bonds is 5. The van der Waals surface area contributed by atoms with Crippen LogP contribution < -0.4 is 10.6 Å². The summed E-state index contributed by atoms with van der Waals surface area (Å²) in [7, 11) is 0. The first-order valence-electron chi connectivity index (χ1n) is 7.04. The van der Waals surface area contributed by atoms with Gasteiger partial charge in [0.1, 0.15) is 5.82 Å². The van der Waals surface area contributed by atoms with Crippen LogP contribution in [0.1, 0.15) is 19.2 Å². The maximum Gasteiger partial charge on any atom is 0.314 e. The van der Waals surface area contributed by atoms with Gasteiger partial charge in [0, 0.05) is 25.7 Å². The number of nitrogens with zero attached hydrogens (tertiary/aromatic N) is 3. The number of pyridine rings is 1. The van der Waals surface area contributed by atoms with Crippen molar-refractivity contribution in [2.75, 3.05) is 13.1 Å². The Morgan fingerprint density at radius 2 is 2.25 bits per heavy atom. The number of fused-ring (bicyclic) bond motifs is 1. The van der Waals surface area contributed by atoms with E-state index >= 15 is 0 Å². The molecule has 0 aromatic carbocycles. The van der Waals surface area contributed by atoms with Crippen LogP contribution in [0.2, 0.25) is 0 Å². The Kier molecular flexibility index (Phi) is 3.54. The van der Waals surface area contributed by atoms with Crippen LogP contribution in [0.4, 0.5) is 4.79 Å². The Balaban J connectivity index is 1.44. The second kappa shape index (κ2) is 5.48. The van der Waals surface area contributed by atoms with Crippen molar-refractivity contribution in [2.24, 2.45) is 11.8 Å². The summed E-state index contributed by atoms with van der Waals surface area (Å²) >= 11 is 0. The Bertz CT molecular complexity index is 608. The molecule has 2 aromatic heterocycles. The molecule has 2 N–H and O–H groups in total. The van der Waals surface area contributed by atoms with Crippen molar-refractivity contribution in [3.63, 3.8) is 0 Å². The highest BCUT2D eigenvalue weighted by atomic mass is 16.2. The fraction of sp³-hybridized carbons (Fsp3) is 0.500. The average molecular weight is 273 g/mol. The molecule has 1 fully saturated rings. The highest BCUT2D eigenvalue weighted by molar-refractivity contribution is 5.73. The second-order valence-electron chi connectivity index (χ2n) is 5.40. The van der Waals surface area contributed by atoms with Gasteiger partial charge in [0.2, 0.25) is 0 Å². The molecule has 2 amide bonds. The molecule has 20 heavy (non-hydrogen) atoms. The van der Waals surface area contributed by atoms with Gasteiger partial charge in [-0.05, 0) is 30.4 Å².